The van der Waals surface area contributed by atoms with Crippen LogP contribution in [0, 0.1) is 11.6 Å². The van der Waals surface area contributed by atoms with Crippen LogP contribution in [0.3, 0.4) is 0 Å². The smallest absolute Gasteiger partial charge is 0.138 e. The summed E-state index contributed by atoms with van der Waals surface area (Å²) in [5.41, 5.74) is 1.29. The average molecular weight is 302 g/mol. The largest absolute Gasteiger partial charge is 0.252 e. The van der Waals surface area contributed by atoms with Gasteiger partial charge in [0.05, 0.1) is 10.2 Å². The van der Waals surface area contributed by atoms with Crippen molar-refractivity contribution < 1.29 is 8.78 Å². The Labute approximate surface area is 106 Å². The molecular formula is C11H10BrF2N3. The van der Waals surface area contributed by atoms with Gasteiger partial charge in [0, 0.05) is 12.6 Å². The molecule has 0 fully saturated rings. The first kappa shape index (κ1) is 12.2. The normalized spacial score (nSPS) is 10.9. The van der Waals surface area contributed by atoms with Crippen LogP contribution in [0.1, 0.15) is 12.6 Å². The van der Waals surface area contributed by atoms with Crippen LogP contribution in [-0.2, 0) is 13.5 Å². The second kappa shape index (κ2) is 4.52. The van der Waals surface area contributed by atoms with E-state index in [1.165, 1.54) is 0 Å². The van der Waals surface area contributed by atoms with Gasteiger partial charge in [-0.1, -0.05) is 12.1 Å². The van der Waals surface area contributed by atoms with Crippen LogP contribution < -0.4 is 0 Å². The minimum Gasteiger partial charge on any atom is -0.252 e. The van der Waals surface area contributed by atoms with Gasteiger partial charge in [0.2, 0.25) is 0 Å². The first-order chi connectivity index (χ1) is 8.04. The van der Waals surface area contributed by atoms with Gasteiger partial charge < -0.3 is 0 Å². The zero-order valence-electron chi connectivity index (χ0n) is 9.34. The van der Waals surface area contributed by atoms with Gasteiger partial charge in [0.15, 0.2) is 0 Å². The topological polar surface area (TPSA) is 30.7 Å². The van der Waals surface area contributed by atoms with Crippen LogP contribution in [0.5, 0.6) is 0 Å². The van der Waals surface area contributed by atoms with Crippen molar-refractivity contribution in [2.45, 2.75) is 13.3 Å². The molecule has 17 heavy (non-hydrogen) atoms. The molecule has 1 aromatic heterocycles. The van der Waals surface area contributed by atoms with Crippen molar-refractivity contribution in [2.75, 3.05) is 0 Å². The fraction of sp³-hybridized carbons (Fsp3) is 0.273. The molecule has 0 saturated carbocycles. The Morgan fingerprint density at radius 2 is 2.00 bits per heavy atom. The lowest BCUT2D eigenvalue weighted by Crippen LogP contribution is -1.98. The second-order valence-corrected chi connectivity index (χ2v) is 4.46. The van der Waals surface area contributed by atoms with Gasteiger partial charge in [0.25, 0.3) is 0 Å². The summed E-state index contributed by atoms with van der Waals surface area (Å²) < 4.78 is 28.8. The highest BCUT2D eigenvalue weighted by atomic mass is 79.9. The summed E-state index contributed by atoms with van der Waals surface area (Å²) in [7, 11) is 1.72. The van der Waals surface area contributed by atoms with Gasteiger partial charge in [-0.2, -0.15) is 0 Å². The molecule has 3 nitrogen and oxygen atoms in total. The van der Waals surface area contributed by atoms with Gasteiger partial charge >= 0.3 is 0 Å². The highest BCUT2D eigenvalue weighted by Gasteiger charge is 2.17. The number of aryl methyl sites for hydroxylation is 1. The van der Waals surface area contributed by atoms with Crippen molar-refractivity contribution >= 4 is 15.9 Å². The highest BCUT2D eigenvalue weighted by molar-refractivity contribution is 9.10. The molecule has 6 heteroatoms. The van der Waals surface area contributed by atoms with Crippen LogP contribution >= 0.6 is 15.9 Å². The molecule has 1 heterocycles. The van der Waals surface area contributed by atoms with E-state index in [2.05, 4.69) is 26.2 Å². The third-order valence-corrected chi connectivity index (χ3v) is 3.15. The molecular weight excluding hydrogens is 292 g/mol. The zero-order valence-corrected chi connectivity index (χ0v) is 10.9. The Hall–Kier alpha value is -1.30. The lowest BCUT2D eigenvalue weighted by molar-refractivity contribution is 0.596. The van der Waals surface area contributed by atoms with E-state index in [1.807, 2.05) is 6.92 Å². The van der Waals surface area contributed by atoms with E-state index in [1.54, 1.807) is 11.7 Å². The third-order valence-electron chi connectivity index (χ3n) is 2.54. The zero-order chi connectivity index (χ0) is 12.6. The number of halogens is 3. The molecule has 0 N–H and O–H groups in total. The molecule has 90 valence electrons. The monoisotopic (exact) mass is 301 g/mol. The average Bonchev–Trinajstić information content (AvgIpc) is 2.64. The van der Waals surface area contributed by atoms with Crippen LogP contribution in [-0.4, -0.2) is 15.0 Å². The summed E-state index contributed by atoms with van der Waals surface area (Å²) in [4.78, 5) is 0. The maximum atomic E-state index is 13.8. The minimum absolute atomic E-state index is 0.0979. The van der Waals surface area contributed by atoms with E-state index in [0.717, 1.165) is 17.8 Å². The van der Waals surface area contributed by atoms with Gasteiger partial charge in [0.1, 0.15) is 17.3 Å². The van der Waals surface area contributed by atoms with E-state index >= 15 is 0 Å². The van der Waals surface area contributed by atoms with Gasteiger partial charge in [-0.25, -0.2) is 8.78 Å². The highest BCUT2D eigenvalue weighted by Crippen LogP contribution is 2.28. The molecule has 0 spiro atoms. The molecule has 2 rings (SSSR count). The molecule has 0 bridgehead atoms. The predicted molar refractivity (Wildman–Crippen MR) is 63.4 cm³/mol. The Kier molecular flexibility index (Phi) is 3.24. The number of aromatic nitrogens is 3. The molecule has 1 aromatic carbocycles. The molecule has 0 saturated heterocycles. The number of benzene rings is 1. The first-order valence-electron chi connectivity index (χ1n) is 5.08. The first-order valence-corrected chi connectivity index (χ1v) is 5.87. The molecule has 0 radical (unpaired) electrons. The van der Waals surface area contributed by atoms with E-state index in [9.17, 15) is 8.78 Å². The number of hydrogen-bond donors (Lipinski definition) is 0. The summed E-state index contributed by atoms with van der Waals surface area (Å²) in [6.45, 7) is 1.91. The van der Waals surface area contributed by atoms with Crippen molar-refractivity contribution in [2.24, 2.45) is 7.05 Å². The minimum atomic E-state index is -0.520. The Morgan fingerprint density at radius 1 is 1.29 bits per heavy atom. The quantitative estimate of drug-likeness (QED) is 0.798. The van der Waals surface area contributed by atoms with Crippen molar-refractivity contribution in [3.63, 3.8) is 0 Å². The van der Waals surface area contributed by atoms with Gasteiger partial charge in [-0.3, -0.25) is 4.68 Å². The second-order valence-electron chi connectivity index (χ2n) is 3.61. The maximum absolute atomic E-state index is 13.8. The van der Waals surface area contributed by atoms with Crippen molar-refractivity contribution in [1.82, 2.24) is 15.0 Å². The molecule has 0 aliphatic heterocycles. The van der Waals surface area contributed by atoms with Crippen molar-refractivity contribution in [1.29, 1.82) is 0 Å². The summed E-state index contributed by atoms with van der Waals surface area (Å²) >= 11 is 2.94. The molecule has 0 aliphatic rings. The van der Waals surface area contributed by atoms with Gasteiger partial charge in [-0.05, 0) is 34.5 Å². The third kappa shape index (κ3) is 2.09. The standard InChI is InChI=1S/C11H10BrF2N3/c1-3-10-11(15-16-17(10)2)6-4-9(14)7(12)5-8(6)13/h4-5H,3H2,1-2H3. The SMILES string of the molecule is CCc1c(-c2cc(F)c(Br)cc2F)nnn1C. The Morgan fingerprint density at radius 3 is 2.65 bits per heavy atom. The maximum Gasteiger partial charge on any atom is 0.138 e. The summed E-state index contributed by atoms with van der Waals surface area (Å²) in [5, 5.41) is 7.70. The van der Waals surface area contributed by atoms with E-state index < -0.39 is 11.6 Å². The molecule has 0 amide bonds. The van der Waals surface area contributed by atoms with Crippen LogP contribution in [0.15, 0.2) is 16.6 Å². The van der Waals surface area contributed by atoms with E-state index in [-0.39, 0.29) is 10.0 Å². The van der Waals surface area contributed by atoms with E-state index in [0.29, 0.717) is 12.1 Å². The van der Waals surface area contributed by atoms with Crippen LogP contribution in [0.4, 0.5) is 8.78 Å². The number of nitrogens with zero attached hydrogens (tertiary/aromatic N) is 3. The molecule has 2 aromatic rings. The fourth-order valence-corrected chi connectivity index (χ4v) is 2.00. The van der Waals surface area contributed by atoms with Crippen molar-refractivity contribution in [3.05, 3.63) is 33.9 Å². The van der Waals surface area contributed by atoms with Gasteiger partial charge in [-0.15, -0.1) is 5.10 Å². The number of rotatable bonds is 2. The number of hydrogen-bond acceptors (Lipinski definition) is 2. The van der Waals surface area contributed by atoms with Crippen molar-refractivity contribution in [3.8, 4) is 11.3 Å². The van der Waals surface area contributed by atoms with E-state index in [4.69, 9.17) is 0 Å². The van der Waals surface area contributed by atoms with Crippen LogP contribution in [0.2, 0.25) is 0 Å². The Balaban J connectivity index is 2.64. The molecule has 0 unspecified atom stereocenters. The fourth-order valence-electron chi connectivity index (χ4n) is 1.69. The summed E-state index contributed by atoms with van der Waals surface area (Å²) in [6.07, 6.45) is 0.649. The molecule has 0 aliphatic carbocycles. The lowest BCUT2D eigenvalue weighted by Gasteiger charge is -2.04. The Bertz CT molecular complexity index is 566. The van der Waals surface area contributed by atoms with Crippen LogP contribution in [0.25, 0.3) is 11.3 Å². The summed E-state index contributed by atoms with van der Waals surface area (Å²) in [5.74, 6) is -1.04. The molecule has 0 atom stereocenters. The summed E-state index contributed by atoms with van der Waals surface area (Å²) in [6, 6.07) is 2.22. The lowest BCUT2D eigenvalue weighted by atomic mass is 10.1. The predicted octanol–water partition coefficient (Wildman–Crippen LogP) is 3.09.